The number of fused-ring (bicyclic) bond motifs is 1. The second-order valence-electron chi connectivity index (χ2n) is 7.53. The Morgan fingerprint density at radius 3 is 2.81 bits per heavy atom. The van der Waals surface area contributed by atoms with E-state index in [0.717, 1.165) is 30.0 Å². The third-order valence-electron chi connectivity index (χ3n) is 5.28. The molecule has 2 heterocycles. The standard InChI is InChI=1S/C25H25N3O3S/c1-3-31-22-12-18(4-5-19(22)13-25(29)30)21-14-24(28-15-27-21)26-8-6-17-11-20-7-9-32-23(20)10-16(17)2/h4-5,7,9-12,14-15H,3,6,8,13H2,1-2H3,(H,29,30)(H,26,27,28). The van der Waals surface area contributed by atoms with Crippen molar-refractivity contribution in [3.8, 4) is 17.0 Å². The summed E-state index contributed by atoms with van der Waals surface area (Å²) in [6, 6.07) is 14.1. The van der Waals surface area contributed by atoms with Crippen LogP contribution in [0, 0.1) is 6.92 Å². The number of carboxylic acids is 1. The number of thiophene rings is 1. The maximum Gasteiger partial charge on any atom is 0.307 e. The number of benzene rings is 2. The minimum Gasteiger partial charge on any atom is -0.494 e. The van der Waals surface area contributed by atoms with E-state index in [2.05, 4.69) is 45.8 Å². The summed E-state index contributed by atoms with van der Waals surface area (Å²) in [6.45, 7) is 5.25. The molecule has 0 aliphatic carbocycles. The monoisotopic (exact) mass is 447 g/mol. The molecule has 0 aliphatic heterocycles. The number of aliphatic carboxylic acids is 1. The van der Waals surface area contributed by atoms with E-state index in [9.17, 15) is 4.79 Å². The van der Waals surface area contributed by atoms with Gasteiger partial charge in [0.15, 0.2) is 0 Å². The van der Waals surface area contributed by atoms with E-state index < -0.39 is 5.97 Å². The average Bonchev–Trinajstić information content (AvgIpc) is 3.22. The number of aryl methyl sites for hydroxylation is 1. The Labute approximate surface area is 190 Å². The zero-order chi connectivity index (χ0) is 22.5. The first-order valence-electron chi connectivity index (χ1n) is 10.5. The van der Waals surface area contributed by atoms with Gasteiger partial charge in [0, 0.05) is 28.4 Å². The van der Waals surface area contributed by atoms with Crippen LogP contribution in [-0.4, -0.2) is 34.2 Å². The Hall–Kier alpha value is -3.45. The van der Waals surface area contributed by atoms with Crippen molar-refractivity contribution in [1.29, 1.82) is 0 Å². The first-order valence-corrected chi connectivity index (χ1v) is 11.4. The second kappa shape index (κ2) is 9.78. The van der Waals surface area contributed by atoms with Gasteiger partial charge in [0.2, 0.25) is 0 Å². The third kappa shape index (κ3) is 5.06. The Morgan fingerprint density at radius 1 is 1.12 bits per heavy atom. The van der Waals surface area contributed by atoms with Crippen LogP contribution in [0.15, 0.2) is 54.2 Å². The number of ether oxygens (including phenoxy) is 1. The van der Waals surface area contributed by atoms with Crippen LogP contribution in [-0.2, 0) is 17.6 Å². The van der Waals surface area contributed by atoms with Crippen molar-refractivity contribution in [2.24, 2.45) is 0 Å². The molecule has 0 aliphatic rings. The van der Waals surface area contributed by atoms with Crippen LogP contribution in [0.1, 0.15) is 23.6 Å². The van der Waals surface area contributed by atoms with Crippen LogP contribution >= 0.6 is 11.3 Å². The van der Waals surface area contributed by atoms with Gasteiger partial charge in [0.05, 0.1) is 18.7 Å². The number of anilines is 1. The van der Waals surface area contributed by atoms with Crippen molar-refractivity contribution >= 4 is 33.2 Å². The molecule has 2 N–H and O–H groups in total. The van der Waals surface area contributed by atoms with Crippen molar-refractivity contribution in [3.05, 3.63) is 70.9 Å². The number of aromatic nitrogens is 2. The normalized spacial score (nSPS) is 10.9. The summed E-state index contributed by atoms with van der Waals surface area (Å²) in [6.07, 6.45) is 2.35. The van der Waals surface area contributed by atoms with Gasteiger partial charge in [-0.1, -0.05) is 12.1 Å². The molecule has 0 amide bonds. The SMILES string of the molecule is CCOc1cc(-c2cc(NCCc3cc4ccsc4cc3C)ncn2)ccc1CC(=O)O. The van der Waals surface area contributed by atoms with E-state index >= 15 is 0 Å². The van der Waals surface area contributed by atoms with E-state index in [-0.39, 0.29) is 6.42 Å². The van der Waals surface area contributed by atoms with Gasteiger partial charge in [-0.15, -0.1) is 11.3 Å². The Bertz CT molecular complexity index is 1250. The number of hydrogen-bond donors (Lipinski definition) is 2. The van der Waals surface area contributed by atoms with Gasteiger partial charge in [0.25, 0.3) is 0 Å². The van der Waals surface area contributed by atoms with Crippen LogP contribution in [0.2, 0.25) is 0 Å². The van der Waals surface area contributed by atoms with Crippen molar-refractivity contribution in [2.45, 2.75) is 26.7 Å². The molecular weight excluding hydrogens is 422 g/mol. The zero-order valence-corrected chi connectivity index (χ0v) is 18.9. The summed E-state index contributed by atoms with van der Waals surface area (Å²) in [5.74, 6) is 0.428. The van der Waals surface area contributed by atoms with Gasteiger partial charge in [-0.2, -0.15) is 0 Å². The van der Waals surface area contributed by atoms with E-state index in [1.54, 1.807) is 17.4 Å². The number of hydrogen-bond acceptors (Lipinski definition) is 6. The molecule has 4 aromatic rings. The van der Waals surface area contributed by atoms with E-state index in [1.165, 1.54) is 27.5 Å². The molecule has 0 fully saturated rings. The van der Waals surface area contributed by atoms with Crippen LogP contribution in [0.5, 0.6) is 5.75 Å². The van der Waals surface area contributed by atoms with Gasteiger partial charge in [-0.3, -0.25) is 4.79 Å². The largest absolute Gasteiger partial charge is 0.494 e. The lowest BCUT2D eigenvalue weighted by Crippen LogP contribution is -2.07. The lowest BCUT2D eigenvalue weighted by atomic mass is 10.0. The van der Waals surface area contributed by atoms with Crippen LogP contribution in [0.4, 0.5) is 5.82 Å². The number of nitrogens with one attached hydrogen (secondary N) is 1. The molecule has 0 saturated carbocycles. The average molecular weight is 448 g/mol. The molecule has 0 saturated heterocycles. The highest BCUT2D eigenvalue weighted by atomic mass is 32.1. The lowest BCUT2D eigenvalue weighted by molar-refractivity contribution is -0.136. The zero-order valence-electron chi connectivity index (χ0n) is 18.1. The quantitative estimate of drug-likeness (QED) is 0.360. The van der Waals surface area contributed by atoms with E-state index in [1.807, 2.05) is 25.1 Å². The minimum atomic E-state index is -0.888. The predicted molar refractivity (Wildman–Crippen MR) is 129 cm³/mol. The highest BCUT2D eigenvalue weighted by Crippen LogP contribution is 2.28. The van der Waals surface area contributed by atoms with Crippen LogP contribution in [0.3, 0.4) is 0 Å². The van der Waals surface area contributed by atoms with Crippen molar-refractivity contribution in [3.63, 3.8) is 0 Å². The smallest absolute Gasteiger partial charge is 0.307 e. The second-order valence-corrected chi connectivity index (χ2v) is 8.48. The molecule has 6 nitrogen and oxygen atoms in total. The number of rotatable bonds is 9. The number of carboxylic acid groups (broad SMARTS) is 1. The topological polar surface area (TPSA) is 84.3 Å². The first-order chi connectivity index (χ1) is 15.5. The molecule has 4 rings (SSSR count). The summed E-state index contributed by atoms with van der Waals surface area (Å²) in [7, 11) is 0. The molecule has 7 heteroatoms. The summed E-state index contributed by atoms with van der Waals surface area (Å²) >= 11 is 1.77. The Balaban J connectivity index is 1.47. The molecule has 0 bridgehead atoms. The number of nitrogens with zero attached hydrogens (tertiary/aromatic N) is 2. The first kappa shape index (κ1) is 21.8. The fourth-order valence-corrected chi connectivity index (χ4v) is 4.55. The van der Waals surface area contributed by atoms with E-state index in [4.69, 9.17) is 9.84 Å². The highest BCUT2D eigenvalue weighted by molar-refractivity contribution is 7.17. The summed E-state index contributed by atoms with van der Waals surface area (Å²) in [5.41, 5.74) is 4.88. The summed E-state index contributed by atoms with van der Waals surface area (Å²) < 4.78 is 6.98. The summed E-state index contributed by atoms with van der Waals surface area (Å²) in [5, 5.41) is 15.9. The molecule has 0 spiro atoms. The van der Waals surface area contributed by atoms with Crippen LogP contribution < -0.4 is 10.1 Å². The molecule has 164 valence electrons. The molecule has 2 aromatic carbocycles. The van der Waals surface area contributed by atoms with Crippen molar-refractivity contribution < 1.29 is 14.6 Å². The van der Waals surface area contributed by atoms with Gasteiger partial charge in [-0.25, -0.2) is 9.97 Å². The van der Waals surface area contributed by atoms with Gasteiger partial charge < -0.3 is 15.2 Å². The van der Waals surface area contributed by atoms with Crippen molar-refractivity contribution in [1.82, 2.24) is 9.97 Å². The number of carbonyl (C=O) groups is 1. The fraction of sp³-hybridized carbons (Fsp3) is 0.240. The predicted octanol–water partition coefficient (Wildman–Crippen LogP) is 5.35. The fourth-order valence-electron chi connectivity index (χ4n) is 3.68. The lowest BCUT2D eigenvalue weighted by Gasteiger charge is -2.12. The third-order valence-corrected chi connectivity index (χ3v) is 6.16. The molecule has 0 unspecified atom stereocenters. The van der Waals surface area contributed by atoms with Gasteiger partial charge in [0.1, 0.15) is 17.9 Å². The molecule has 0 atom stereocenters. The molecule has 32 heavy (non-hydrogen) atoms. The maximum atomic E-state index is 11.1. The molecular formula is C25H25N3O3S. The van der Waals surface area contributed by atoms with Crippen molar-refractivity contribution in [2.75, 3.05) is 18.5 Å². The van der Waals surface area contributed by atoms with E-state index in [0.29, 0.717) is 17.9 Å². The van der Waals surface area contributed by atoms with Gasteiger partial charge in [-0.05, 0) is 66.4 Å². The highest BCUT2D eigenvalue weighted by Gasteiger charge is 2.11. The maximum absolute atomic E-state index is 11.1. The minimum absolute atomic E-state index is 0.0806. The summed E-state index contributed by atoms with van der Waals surface area (Å²) in [4.78, 5) is 19.8. The molecule has 0 radical (unpaired) electrons. The Morgan fingerprint density at radius 2 is 2.00 bits per heavy atom. The molecule has 2 aromatic heterocycles. The Kier molecular flexibility index (Phi) is 6.66. The van der Waals surface area contributed by atoms with Crippen LogP contribution in [0.25, 0.3) is 21.3 Å². The van der Waals surface area contributed by atoms with Gasteiger partial charge >= 0.3 is 5.97 Å².